The number of imidazole rings is 1. The third kappa shape index (κ3) is 5.92. The van der Waals surface area contributed by atoms with Gasteiger partial charge in [0.25, 0.3) is 11.8 Å². The monoisotopic (exact) mass is 619 g/mol. The number of hydrogen-bond donors (Lipinski definition) is 3. The zero-order valence-corrected chi connectivity index (χ0v) is 24.8. The molecule has 2 fully saturated rings. The molecule has 5 heterocycles. The van der Waals surface area contributed by atoms with E-state index in [0.29, 0.717) is 54.4 Å². The SMILES string of the molecule is Cn1c(-c2ccc(-c3cn[nH]c3)nc2F)cnc1C(=O)Nc1ccc(C(=O)N2CCN(C(=O)C3CCNCC3)CC2)c(Cl)c1. The molecule has 0 radical (unpaired) electrons. The maximum absolute atomic E-state index is 14.9. The number of nitrogens with zero attached hydrogens (tertiary/aromatic N) is 6. The molecule has 2 saturated heterocycles. The number of hydrogen-bond acceptors (Lipinski definition) is 7. The van der Waals surface area contributed by atoms with E-state index in [9.17, 15) is 18.8 Å². The van der Waals surface area contributed by atoms with Crippen LogP contribution in [0.25, 0.3) is 22.5 Å². The number of piperazine rings is 1. The zero-order valence-electron chi connectivity index (χ0n) is 24.0. The topological polar surface area (TPSA) is 141 Å². The molecule has 1 aromatic carbocycles. The molecule has 2 aliphatic heterocycles. The van der Waals surface area contributed by atoms with E-state index < -0.39 is 11.9 Å². The van der Waals surface area contributed by atoms with Crippen LogP contribution in [0.4, 0.5) is 10.1 Å². The van der Waals surface area contributed by atoms with Gasteiger partial charge in [0, 0.05) is 56.6 Å². The van der Waals surface area contributed by atoms with Gasteiger partial charge in [0.15, 0.2) is 5.82 Å². The summed E-state index contributed by atoms with van der Waals surface area (Å²) in [7, 11) is 1.61. The number of pyridine rings is 1. The fraction of sp³-hybridized carbons (Fsp3) is 0.333. The largest absolute Gasteiger partial charge is 0.339 e. The minimum absolute atomic E-state index is 0.0471. The molecule has 3 amide bonds. The van der Waals surface area contributed by atoms with Crippen LogP contribution in [0.3, 0.4) is 0 Å². The van der Waals surface area contributed by atoms with Gasteiger partial charge in [-0.1, -0.05) is 11.6 Å². The van der Waals surface area contributed by atoms with Crippen LogP contribution < -0.4 is 10.6 Å². The molecule has 3 N–H and O–H groups in total. The number of aromatic nitrogens is 5. The number of rotatable bonds is 6. The Morgan fingerprint density at radius 1 is 1.02 bits per heavy atom. The smallest absolute Gasteiger partial charge is 0.291 e. The predicted octanol–water partition coefficient (Wildman–Crippen LogP) is 3.20. The van der Waals surface area contributed by atoms with Gasteiger partial charge >= 0.3 is 0 Å². The van der Waals surface area contributed by atoms with Crippen molar-refractivity contribution in [1.29, 1.82) is 0 Å². The van der Waals surface area contributed by atoms with Crippen LogP contribution in [-0.2, 0) is 11.8 Å². The average Bonchev–Trinajstić information content (AvgIpc) is 3.71. The second-order valence-electron chi connectivity index (χ2n) is 10.8. The van der Waals surface area contributed by atoms with E-state index in [-0.39, 0.29) is 34.1 Å². The van der Waals surface area contributed by atoms with Crippen LogP contribution >= 0.6 is 11.6 Å². The number of carbonyl (C=O) groups is 3. The van der Waals surface area contributed by atoms with Gasteiger partial charge in [-0.25, -0.2) is 9.97 Å². The van der Waals surface area contributed by atoms with E-state index in [4.69, 9.17) is 11.6 Å². The molecule has 4 aromatic rings. The molecule has 44 heavy (non-hydrogen) atoms. The lowest BCUT2D eigenvalue weighted by atomic mass is 9.96. The van der Waals surface area contributed by atoms with Crippen molar-refractivity contribution in [2.24, 2.45) is 13.0 Å². The predicted molar refractivity (Wildman–Crippen MR) is 161 cm³/mol. The molecule has 2 aliphatic rings. The first-order chi connectivity index (χ1) is 21.3. The third-order valence-corrected chi connectivity index (χ3v) is 8.45. The Morgan fingerprint density at radius 2 is 1.77 bits per heavy atom. The van der Waals surface area contributed by atoms with E-state index in [1.54, 1.807) is 48.6 Å². The molecule has 0 saturated carbocycles. The molecular weight excluding hydrogens is 589 g/mol. The van der Waals surface area contributed by atoms with Crippen LogP contribution in [0.2, 0.25) is 5.02 Å². The second-order valence-corrected chi connectivity index (χ2v) is 11.2. The van der Waals surface area contributed by atoms with Crippen molar-refractivity contribution < 1.29 is 18.8 Å². The van der Waals surface area contributed by atoms with Gasteiger partial charge in [-0.3, -0.25) is 19.5 Å². The summed E-state index contributed by atoms with van der Waals surface area (Å²) in [6.45, 7) is 3.53. The third-order valence-electron chi connectivity index (χ3n) is 8.13. The summed E-state index contributed by atoms with van der Waals surface area (Å²) in [4.78, 5) is 50.9. The second kappa shape index (κ2) is 12.5. The first-order valence-corrected chi connectivity index (χ1v) is 14.8. The number of benzene rings is 1. The van der Waals surface area contributed by atoms with Gasteiger partial charge in [-0.05, 0) is 56.3 Å². The number of aromatic amines is 1. The van der Waals surface area contributed by atoms with Crippen molar-refractivity contribution in [1.82, 2.24) is 39.8 Å². The quantitative estimate of drug-likeness (QED) is 0.282. The van der Waals surface area contributed by atoms with E-state index in [1.165, 1.54) is 16.8 Å². The number of halogens is 2. The number of anilines is 1. The van der Waals surface area contributed by atoms with Crippen molar-refractivity contribution in [3.8, 4) is 22.5 Å². The molecule has 0 aliphatic carbocycles. The van der Waals surface area contributed by atoms with Crippen LogP contribution in [-0.4, -0.2) is 91.5 Å². The van der Waals surface area contributed by atoms with Crippen molar-refractivity contribution in [3.05, 3.63) is 71.3 Å². The minimum atomic E-state index is -0.708. The van der Waals surface area contributed by atoms with E-state index in [1.807, 2.05) is 4.90 Å². The first kappa shape index (κ1) is 29.5. The highest BCUT2D eigenvalue weighted by Crippen LogP contribution is 2.27. The molecule has 0 bridgehead atoms. The lowest BCUT2D eigenvalue weighted by Crippen LogP contribution is -2.52. The highest BCUT2D eigenvalue weighted by molar-refractivity contribution is 6.34. The number of nitrogens with one attached hydrogen (secondary N) is 3. The number of H-pyrrole nitrogens is 1. The van der Waals surface area contributed by atoms with Gasteiger partial charge in [0.05, 0.1) is 39.9 Å². The van der Waals surface area contributed by atoms with Gasteiger partial charge in [0.1, 0.15) is 0 Å². The maximum atomic E-state index is 14.9. The van der Waals surface area contributed by atoms with Gasteiger partial charge < -0.3 is 25.0 Å². The van der Waals surface area contributed by atoms with Crippen molar-refractivity contribution in [3.63, 3.8) is 0 Å². The van der Waals surface area contributed by atoms with E-state index >= 15 is 0 Å². The summed E-state index contributed by atoms with van der Waals surface area (Å²) in [6.07, 6.45) is 6.25. The standard InChI is InChI=1S/C30H31ClFN9O3/c1-39-25(22-4-5-24(38-26(22)32)19-15-35-36-16-19)17-34-27(39)28(42)37-20-2-3-21(23(31)14-20)30(44)41-12-10-40(11-13-41)29(43)18-6-8-33-9-7-18/h2-5,14-18,33H,6-13H2,1H3,(H,35,36)(H,37,42). The van der Waals surface area contributed by atoms with Gasteiger partial charge in [-0.15, -0.1) is 0 Å². The fourth-order valence-corrected chi connectivity index (χ4v) is 5.89. The summed E-state index contributed by atoms with van der Waals surface area (Å²) in [6, 6.07) is 7.90. The Kier molecular flexibility index (Phi) is 8.40. The molecular formula is C30H31ClFN9O3. The average molecular weight is 620 g/mol. The number of carbonyl (C=O) groups excluding carboxylic acids is 3. The highest BCUT2D eigenvalue weighted by atomic mass is 35.5. The lowest BCUT2D eigenvalue weighted by molar-refractivity contribution is -0.137. The van der Waals surface area contributed by atoms with Crippen molar-refractivity contribution in [2.75, 3.05) is 44.6 Å². The van der Waals surface area contributed by atoms with Crippen LogP contribution in [0.1, 0.15) is 33.8 Å². The summed E-state index contributed by atoms with van der Waals surface area (Å²) in [5.74, 6) is -1.21. The van der Waals surface area contributed by atoms with Crippen molar-refractivity contribution >= 4 is 35.0 Å². The fourth-order valence-electron chi connectivity index (χ4n) is 5.63. The molecule has 0 atom stereocenters. The van der Waals surface area contributed by atoms with Gasteiger partial charge in [-0.2, -0.15) is 9.49 Å². The van der Waals surface area contributed by atoms with Crippen LogP contribution in [0, 0.1) is 11.9 Å². The zero-order chi connectivity index (χ0) is 30.8. The summed E-state index contributed by atoms with van der Waals surface area (Å²) < 4.78 is 16.4. The molecule has 14 heteroatoms. The molecule has 228 valence electrons. The number of piperidine rings is 1. The summed E-state index contributed by atoms with van der Waals surface area (Å²) in [5.41, 5.74) is 2.31. The van der Waals surface area contributed by atoms with Crippen LogP contribution in [0.15, 0.2) is 48.9 Å². The van der Waals surface area contributed by atoms with Gasteiger partial charge in [0.2, 0.25) is 11.9 Å². The Hall–Kier alpha value is -4.62. The van der Waals surface area contributed by atoms with Crippen molar-refractivity contribution in [2.45, 2.75) is 12.8 Å². The summed E-state index contributed by atoms with van der Waals surface area (Å²) in [5, 5.41) is 12.7. The minimum Gasteiger partial charge on any atom is -0.339 e. The Labute approximate surface area is 257 Å². The van der Waals surface area contributed by atoms with Crippen LogP contribution in [0.5, 0.6) is 0 Å². The number of amides is 3. The normalized spacial score (nSPS) is 15.8. The molecule has 6 rings (SSSR count). The summed E-state index contributed by atoms with van der Waals surface area (Å²) >= 11 is 6.49. The lowest BCUT2D eigenvalue weighted by Gasteiger charge is -2.37. The highest BCUT2D eigenvalue weighted by Gasteiger charge is 2.30. The molecule has 0 spiro atoms. The Morgan fingerprint density at radius 3 is 2.45 bits per heavy atom. The first-order valence-electron chi connectivity index (χ1n) is 14.4. The Bertz CT molecular complexity index is 1690. The molecule has 12 nitrogen and oxygen atoms in total. The maximum Gasteiger partial charge on any atom is 0.291 e. The molecule has 0 unspecified atom stereocenters. The van der Waals surface area contributed by atoms with E-state index in [0.717, 1.165) is 25.9 Å². The molecule has 3 aromatic heterocycles. The Balaban J connectivity index is 1.08. The van der Waals surface area contributed by atoms with E-state index in [2.05, 4.69) is 30.8 Å².